The first kappa shape index (κ1) is 8.95. The molecule has 0 aromatic carbocycles. The molecule has 0 bridgehead atoms. The van der Waals surface area contributed by atoms with Gasteiger partial charge in [-0.25, -0.2) is 9.78 Å². The first-order chi connectivity index (χ1) is 5.52. The van der Waals surface area contributed by atoms with Crippen LogP contribution in [0.5, 0.6) is 0 Å². The van der Waals surface area contributed by atoms with Gasteiger partial charge in [0.25, 0.3) is 0 Å². The summed E-state index contributed by atoms with van der Waals surface area (Å²) in [5, 5.41) is 9.33. The second-order valence-electron chi connectivity index (χ2n) is 2.36. The highest BCUT2D eigenvalue weighted by molar-refractivity contribution is 7.16. The third kappa shape index (κ3) is 1.54. The van der Waals surface area contributed by atoms with Gasteiger partial charge in [-0.2, -0.15) is 0 Å². The minimum atomic E-state index is -1.12. The molecule has 1 atom stereocenters. The van der Waals surface area contributed by atoms with E-state index in [2.05, 4.69) is 4.98 Å². The van der Waals surface area contributed by atoms with Crippen molar-refractivity contribution in [3.8, 4) is 0 Å². The van der Waals surface area contributed by atoms with E-state index >= 15 is 0 Å². The second-order valence-corrected chi connectivity index (χ2v) is 3.42. The number of hydrogen-bond donors (Lipinski definition) is 3. The SMILES string of the molecule is CC(N)c1nc(C(=O)O)c(N)s1. The molecule has 1 aromatic heterocycles. The summed E-state index contributed by atoms with van der Waals surface area (Å²) in [7, 11) is 0. The number of aromatic carboxylic acids is 1. The van der Waals surface area contributed by atoms with Gasteiger partial charge >= 0.3 is 5.97 Å². The number of hydrogen-bond acceptors (Lipinski definition) is 5. The maximum absolute atomic E-state index is 10.5. The number of anilines is 1. The van der Waals surface area contributed by atoms with Crippen LogP contribution in [0.1, 0.15) is 28.5 Å². The predicted octanol–water partition coefficient (Wildman–Crippen LogP) is 0.443. The van der Waals surface area contributed by atoms with Gasteiger partial charge in [-0.3, -0.25) is 0 Å². The maximum Gasteiger partial charge on any atom is 0.357 e. The van der Waals surface area contributed by atoms with Crippen LogP contribution in [-0.2, 0) is 0 Å². The molecular formula is C6H9N3O2S. The Morgan fingerprint density at radius 1 is 1.75 bits per heavy atom. The molecule has 0 radical (unpaired) electrons. The Hall–Kier alpha value is -1.14. The highest BCUT2D eigenvalue weighted by atomic mass is 32.1. The van der Waals surface area contributed by atoms with Gasteiger partial charge in [-0.15, -0.1) is 0 Å². The molecule has 0 aliphatic carbocycles. The van der Waals surface area contributed by atoms with Crippen molar-refractivity contribution >= 4 is 22.3 Å². The molecule has 0 aliphatic heterocycles. The van der Waals surface area contributed by atoms with Gasteiger partial charge in [0.2, 0.25) is 0 Å². The largest absolute Gasteiger partial charge is 0.476 e. The first-order valence-electron chi connectivity index (χ1n) is 3.27. The summed E-state index contributed by atoms with van der Waals surface area (Å²) in [6, 6.07) is -0.273. The predicted molar refractivity (Wildman–Crippen MR) is 46.1 cm³/mol. The number of carbonyl (C=O) groups is 1. The van der Waals surface area contributed by atoms with E-state index < -0.39 is 5.97 Å². The molecule has 0 amide bonds. The van der Waals surface area contributed by atoms with Gasteiger partial charge in [-0.05, 0) is 6.92 Å². The first-order valence-corrected chi connectivity index (χ1v) is 4.09. The van der Waals surface area contributed by atoms with Gasteiger partial charge in [0.1, 0.15) is 10.0 Å². The van der Waals surface area contributed by atoms with Crippen molar-refractivity contribution in [2.45, 2.75) is 13.0 Å². The van der Waals surface area contributed by atoms with Crippen LogP contribution in [0.2, 0.25) is 0 Å². The zero-order valence-corrected chi connectivity index (χ0v) is 7.26. The molecule has 0 fully saturated rings. The summed E-state index contributed by atoms with van der Waals surface area (Å²) in [5.41, 5.74) is 10.8. The highest BCUT2D eigenvalue weighted by Gasteiger charge is 2.16. The van der Waals surface area contributed by atoms with E-state index in [1.807, 2.05) is 0 Å². The summed E-state index contributed by atoms with van der Waals surface area (Å²) in [4.78, 5) is 14.3. The molecule has 0 saturated carbocycles. The summed E-state index contributed by atoms with van der Waals surface area (Å²) >= 11 is 1.11. The highest BCUT2D eigenvalue weighted by Crippen LogP contribution is 2.24. The van der Waals surface area contributed by atoms with E-state index in [1.54, 1.807) is 6.92 Å². The zero-order chi connectivity index (χ0) is 9.30. The van der Waals surface area contributed by atoms with Gasteiger partial charge in [0.05, 0.1) is 6.04 Å². The molecule has 66 valence electrons. The van der Waals surface area contributed by atoms with Crippen molar-refractivity contribution < 1.29 is 9.90 Å². The normalized spacial score (nSPS) is 12.8. The second kappa shape index (κ2) is 3.08. The van der Waals surface area contributed by atoms with Crippen molar-refractivity contribution in [1.82, 2.24) is 4.98 Å². The van der Waals surface area contributed by atoms with Crippen LogP contribution < -0.4 is 11.5 Å². The van der Waals surface area contributed by atoms with Crippen LogP contribution >= 0.6 is 11.3 Å². The molecule has 0 spiro atoms. The molecule has 12 heavy (non-hydrogen) atoms. The number of nitrogens with two attached hydrogens (primary N) is 2. The van der Waals surface area contributed by atoms with Crippen LogP contribution in [0.25, 0.3) is 0 Å². The Kier molecular flexibility index (Phi) is 2.30. The summed E-state index contributed by atoms with van der Waals surface area (Å²) in [6.07, 6.45) is 0. The lowest BCUT2D eigenvalue weighted by Crippen LogP contribution is -2.06. The number of thiazole rings is 1. The van der Waals surface area contributed by atoms with E-state index in [1.165, 1.54) is 0 Å². The molecule has 1 unspecified atom stereocenters. The Balaban J connectivity index is 3.09. The number of rotatable bonds is 2. The third-order valence-electron chi connectivity index (χ3n) is 1.26. The van der Waals surface area contributed by atoms with E-state index in [0.717, 1.165) is 11.3 Å². The molecule has 6 heteroatoms. The fraction of sp³-hybridized carbons (Fsp3) is 0.333. The van der Waals surface area contributed by atoms with Crippen molar-refractivity contribution in [1.29, 1.82) is 0 Å². The molecule has 5 nitrogen and oxygen atoms in total. The summed E-state index contributed by atoms with van der Waals surface area (Å²) in [5.74, 6) is -1.12. The molecule has 0 saturated heterocycles. The molecule has 1 rings (SSSR count). The topological polar surface area (TPSA) is 102 Å². The van der Waals surface area contributed by atoms with Crippen LogP contribution in [0, 0.1) is 0 Å². The van der Waals surface area contributed by atoms with E-state index in [0.29, 0.717) is 5.01 Å². The Morgan fingerprint density at radius 2 is 2.33 bits per heavy atom. The van der Waals surface area contributed by atoms with Crippen LogP contribution in [0.15, 0.2) is 0 Å². The summed E-state index contributed by atoms with van der Waals surface area (Å²) in [6.45, 7) is 1.73. The maximum atomic E-state index is 10.5. The molecule has 1 heterocycles. The number of carboxylic acids is 1. The fourth-order valence-corrected chi connectivity index (χ4v) is 1.47. The quantitative estimate of drug-likeness (QED) is 0.623. The average molecular weight is 187 g/mol. The van der Waals surface area contributed by atoms with Crippen molar-refractivity contribution in [2.75, 3.05) is 5.73 Å². The van der Waals surface area contributed by atoms with Crippen LogP contribution in [0.4, 0.5) is 5.00 Å². The lowest BCUT2D eigenvalue weighted by atomic mass is 10.4. The zero-order valence-electron chi connectivity index (χ0n) is 6.44. The number of nitrogens with zero attached hydrogens (tertiary/aromatic N) is 1. The average Bonchev–Trinajstić information content (AvgIpc) is 2.30. The Labute approximate surface area is 73.0 Å². The smallest absolute Gasteiger partial charge is 0.357 e. The standard InChI is InChI=1S/C6H9N3O2S/c1-2(7)5-9-3(6(10)11)4(8)12-5/h2H,7-8H2,1H3,(H,10,11). The van der Waals surface area contributed by atoms with Crippen molar-refractivity contribution in [2.24, 2.45) is 5.73 Å². The Morgan fingerprint density at radius 3 is 2.58 bits per heavy atom. The number of nitrogen functional groups attached to an aromatic ring is 1. The van der Waals surface area contributed by atoms with Crippen molar-refractivity contribution in [3.05, 3.63) is 10.7 Å². The minimum absolute atomic E-state index is 0.104. The lowest BCUT2D eigenvalue weighted by molar-refractivity contribution is 0.0692. The van der Waals surface area contributed by atoms with Crippen LogP contribution in [0.3, 0.4) is 0 Å². The fourth-order valence-electron chi connectivity index (χ4n) is 0.697. The lowest BCUT2D eigenvalue weighted by Gasteiger charge is -1.95. The molecule has 5 N–H and O–H groups in total. The van der Waals surface area contributed by atoms with E-state index in [4.69, 9.17) is 16.6 Å². The summed E-state index contributed by atoms with van der Waals surface area (Å²) < 4.78 is 0. The van der Waals surface area contributed by atoms with Gasteiger partial charge in [0, 0.05) is 0 Å². The van der Waals surface area contributed by atoms with Gasteiger partial charge in [0.15, 0.2) is 5.69 Å². The number of carboxylic acid groups (broad SMARTS) is 1. The van der Waals surface area contributed by atoms with Crippen LogP contribution in [-0.4, -0.2) is 16.1 Å². The van der Waals surface area contributed by atoms with E-state index in [9.17, 15) is 4.79 Å². The minimum Gasteiger partial charge on any atom is -0.476 e. The van der Waals surface area contributed by atoms with Gasteiger partial charge < -0.3 is 16.6 Å². The molecular weight excluding hydrogens is 178 g/mol. The molecule has 1 aromatic rings. The van der Waals surface area contributed by atoms with Crippen molar-refractivity contribution in [3.63, 3.8) is 0 Å². The third-order valence-corrected chi connectivity index (χ3v) is 2.35. The van der Waals surface area contributed by atoms with Gasteiger partial charge in [-0.1, -0.05) is 11.3 Å². The molecule has 0 aliphatic rings. The van der Waals surface area contributed by atoms with E-state index in [-0.39, 0.29) is 16.7 Å². The monoisotopic (exact) mass is 187 g/mol. The Bertz CT molecular complexity index is 308. The number of aromatic nitrogens is 1.